The number of carbonyl (C=O) groups is 2. The van der Waals surface area contributed by atoms with Crippen LogP contribution in [0.1, 0.15) is 19.4 Å². The normalized spacial score (nSPS) is 11.0. The van der Waals surface area contributed by atoms with Crippen molar-refractivity contribution < 1.29 is 19.1 Å². The van der Waals surface area contributed by atoms with Crippen LogP contribution in [0.5, 0.6) is 11.5 Å². The van der Waals surface area contributed by atoms with E-state index in [0.717, 1.165) is 0 Å². The van der Waals surface area contributed by atoms with Gasteiger partial charge in [-0.3, -0.25) is 4.79 Å². The molecule has 0 N–H and O–H groups in total. The molecule has 0 aliphatic carbocycles. The van der Waals surface area contributed by atoms with Crippen LogP contribution >= 0.6 is 0 Å². The average molecular weight is 310 g/mol. The maximum atomic E-state index is 11.8. The fourth-order valence-corrected chi connectivity index (χ4v) is 1.97. The minimum Gasteiger partial charge on any atom is -0.462 e. The average Bonchev–Trinajstić information content (AvgIpc) is 2.54. The summed E-state index contributed by atoms with van der Waals surface area (Å²) in [5.74, 6) is 0.384. The van der Waals surface area contributed by atoms with E-state index in [4.69, 9.17) is 9.47 Å². The van der Waals surface area contributed by atoms with E-state index in [1.54, 1.807) is 25.1 Å². The van der Waals surface area contributed by atoms with Gasteiger partial charge < -0.3 is 9.47 Å². The molecule has 0 fully saturated rings. The van der Waals surface area contributed by atoms with Crippen molar-refractivity contribution in [3.63, 3.8) is 0 Å². The lowest BCUT2D eigenvalue weighted by molar-refractivity contribution is -0.139. The first-order valence-corrected chi connectivity index (χ1v) is 7.33. The van der Waals surface area contributed by atoms with E-state index in [1.807, 2.05) is 36.4 Å². The van der Waals surface area contributed by atoms with E-state index in [-0.39, 0.29) is 18.0 Å². The standard InChI is InChI=1S/C19H18O4/c1-3-22-19(21)18(14(2)20)13-15-8-7-11-17(12-15)23-16-9-5-4-6-10-16/h4-13H,3H2,1-2H3. The van der Waals surface area contributed by atoms with Gasteiger partial charge in [0.15, 0.2) is 5.78 Å². The first kappa shape index (κ1) is 16.5. The minimum atomic E-state index is -0.616. The van der Waals surface area contributed by atoms with Crippen molar-refractivity contribution in [3.8, 4) is 11.5 Å². The Bertz CT molecular complexity index is 717. The first-order chi connectivity index (χ1) is 11.1. The van der Waals surface area contributed by atoms with Crippen LogP contribution in [0.15, 0.2) is 60.2 Å². The summed E-state index contributed by atoms with van der Waals surface area (Å²) in [5, 5.41) is 0. The molecule has 4 heteroatoms. The third kappa shape index (κ3) is 4.81. The van der Waals surface area contributed by atoms with Crippen LogP contribution in [0.3, 0.4) is 0 Å². The Balaban J connectivity index is 2.25. The van der Waals surface area contributed by atoms with Crippen LogP contribution < -0.4 is 4.74 Å². The second-order valence-electron chi connectivity index (χ2n) is 4.82. The highest BCUT2D eigenvalue weighted by atomic mass is 16.5. The molecule has 0 spiro atoms. The fraction of sp³-hybridized carbons (Fsp3) is 0.158. The van der Waals surface area contributed by atoms with E-state index in [1.165, 1.54) is 13.0 Å². The summed E-state index contributed by atoms with van der Waals surface area (Å²) in [6.45, 7) is 3.26. The SMILES string of the molecule is CCOC(=O)C(=Cc1cccc(Oc2ccccc2)c1)C(C)=O. The van der Waals surface area contributed by atoms with Gasteiger partial charge >= 0.3 is 5.97 Å². The van der Waals surface area contributed by atoms with Gasteiger partial charge in [0, 0.05) is 0 Å². The zero-order chi connectivity index (χ0) is 16.7. The van der Waals surface area contributed by atoms with Crippen LogP contribution in [0.25, 0.3) is 6.08 Å². The Morgan fingerprint density at radius 1 is 1.00 bits per heavy atom. The zero-order valence-electron chi connectivity index (χ0n) is 13.1. The van der Waals surface area contributed by atoms with Crippen molar-refractivity contribution in [1.82, 2.24) is 0 Å². The van der Waals surface area contributed by atoms with Gasteiger partial charge in [0.05, 0.1) is 6.61 Å². The highest BCUT2D eigenvalue weighted by Crippen LogP contribution is 2.23. The molecule has 0 aromatic heterocycles. The van der Waals surface area contributed by atoms with E-state index < -0.39 is 5.97 Å². The van der Waals surface area contributed by atoms with Gasteiger partial charge in [-0.2, -0.15) is 0 Å². The zero-order valence-corrected chi connectivity index (χ0v) is 13.1. The lowest BCUT2D eigenvalue weighted by atomic mass is 10.1. The molecule has 0 saturated heterocycles. The van der Waals surface area contributed by atoms with Crippen molar-refractivity contribution in [2.75, 3.05) is 6.61 Å². The monoisotopic (exact) mass is 310 g/mol. The highest BCUT2D eigenvalue weighted by molar-refractivity contribution is 6.19. The summed E-state index contributed by atoms with van der Waals surface area (Å²) < 4.78 is 10.6. The Morgan fingerprint density at radius 3 is 2.35 bits per heavy atom. The third-order valence-electron chi connectivity index (χ3n) is 3.02. The molecule has 0 atom stereocenters. The molecule has 2 aromatic rings. The topological polar surface area (TPSA) is 52.6 Å². The largest absolute Gasteiger partial charge is 0.462 e. The molecule has 0 bridgehead atoms. The summed E-state index contributed by atoms with van der Waals surface area (Å²) >= 11 is 0. The van der Waals surface area contributed by atoms with Crippen LogP contribution in [0, 0.1) is 0 Å². The summed E-state index contributed by atoms with van der Waals surface area (Å²) in [4.78, 5) is 23.5. The molecule has 0 aliphatic rings. The maximum Gasteiger partial charge on any atom is 0.341 e. The van der Waals surface area contributed by atoms with Crippen LogP contribution in [-0.4, -0.2) is 18.4 Å². The number of ketones is 1. The van der Waals surface area contributed by atoms with E-state index in [2.05, 4.69) is 0 Å². The molecule has 0 amide bonds. The quantitative estimate of drug-likeness (QED) is 0.350. The summed E-state index contributed by atoms with van der Waals surface area (Å²) in [6, 6.07) is 16.5. The molecule has 118 valence electrons. The number of hydrogen-bond acceptors (Lipinski definition) is 4. The molecule has 2 aromatic carbocycles. The Hall–Kier alpha value is -2.88. The highest BCUT2D eigenvalue weighted by Gasteiger charge is 2.15. The number of para-hydroxylation sites is 1. The number of Topliss-reactive ketones (excluding diaryl/α,β-unsaturated/α-hetero) is 1. The Kier molecular flexibility index (Phi) is 5.69. The number of ether oxygens (including phenoxy) is 2. The van der Waals surface area contributed by atoms with Crippen LogP contribution in [0.2, 0.25) is 0 Å². The minimum absolute atomic E-state index is 0.0173. The molecular formula is C19H18O4. The fourth-order valence-electron chi connectivity index (χ4n) is 1.97. The van der Waals surface area contributed by atoms with Gasteiger partial charge in [0.1, 0.15) is 17.1 Å². The molecule has 23 heavy (non-hydrogen) atoms. The van der Waals surface area contributed by atoms with Gasteiger partial charge in [-0.05, 0) is 49.8 Å². The maximum absolute atomic E-state index is 11.8. The smallest absolute Gasteiger partial charge is 0.341 e. The van der Waals surface area contributed by atoms with Crippen molar-refractivity contribution in [3.05, 3.63) is 65.7 Å². The van der Waals surface area contributed by atoms with E-state index >= 15 is 0 Å². The number of esters is 1. The molecule has 0 saturated carbocycles. The van der Waals surface area contributed by atoms with Gasteiger partial charge in [-0.15, -0.1) is 0 Å². The van der Waals surface area contributed by atoms with Crippen molar-refractivity contribution in [1.29, 1.82) is 0 Å². The van der Waals surface area contributed by atoms with E-state index in [9.17, 15) is 9.59 Å². The Morgan fingerprint density at radius 2 is 1.70 bits per heavy atom. The molecule has 0 heterocycles. The van der Waals surface area contributed by atoms with Gasteiger partial charge in [-0.25, -0.2) is 4.79 Å². The van der Waals surface area contributed by atoms with Gasteiger partial charge in [-0.1, -0.05) is 30.3 Å². The van der Waals surface area contributed by atoms with E-state index in [0.29, 0.717) is 17.1 Å². The van der Waals surface area contributed by atoms with Crippen molar-refractivity contribution >= 4 is 17.8 Å². The summed E-state index contributed by atoms with van der Waals surface area (Å²) in [5.41, 5.74) is 0.709. The second kappa shape index (κ2) is 7.94. The van der Waals surface area contributed by atoms with Crippen LogP contribution in [0.4, 0.5) is 0 Å². The lowest BCUT2D eigenvalue weighted by Gasteiger charge is -2.07. The lowest BCUT2D eigenvalue weighted by Crippen LogP contribution is -2.13. The first-order valence-electron chi connectivity index (χ1n) is 7.33. The van der Waals surface area contributed by atoms with Crippen LogP contribution in [-0.2, 0) is 14.3 Å². The Labute approximate surface area is 135 Å². The molecule has 4 nitrogen and oxygen atoms in total. The summed E-state index contributed by atoms with van der Waals surface area (Å²) in [6.07, 6.45) is 1.51. The summed E-state index contributed by atoms with van der Waals surface area (Å²) in [7, 11) is 0. The van der Waals surface area contributed by atoms with Crippen molar-refractivity contribution in [2.24, 2.45) is 0 Å². The second-order valence-corrected chi connectivity index (χ2v) is 4.82. The molecule has 0 aliphatic heterocycles. The molecule has 0 unspecified atom stereocenters. The van der Waals surface area contributed by atoms with Gasteiger partial charge in [0.25, 0.3) is 0 Å². The number of hydrogen-bond donors (Lipinski definition) is 0. The molecular weight excluding hydrogens is 292 g/mol. The molecule has 2 rings (SSSR count). The number of benzene rings is 2. The van der Waals surface area contributed by atoms with Crippen molar-refractivity contribution in [2.45, 2.75) is 13.8 Å². The molecule has 0 radical (unpaired) electrons. The predicted molar refractivity (Wildman–Crippen MR) is 88.2 cm³/mol. The van der Waals surface area contributed by atoms with Gasteiger partial charge in [0.2, 0.25) is 0 Å². The number of carbonyl (C=O) groups excluding carboxylic acids is 2. The third-order valence-corrected chi connectivity index (χ3v) is 3.02. The predicted octanol–water partition coefficient (Wildman–Crippen LogP) is 4.01. The number of rotatable bonds is 6.